The fourth-order valence-corrected chi connectivity index (χ4v) is 5.56. The molecule has 5 rings (SSSR count). The number of fused-ring (bicyclic) bond motifs is 2. The first-order valence-electron chi connectivity index (χ1n) is 13.8. The first kappa shape index (κ1) is 27.8. The van der Waals surface area contributed by atoms with E-state index in [9.17, 15) is 23.6 Å². The van der Waals surface area contributed by atoms with E-state index in [1.165, 1.54) is 12.1 Å². The number of halogens is 1. The number of hydrogen-bond acceptors (Lipinski definition) is 6. The lowest BCUT2D eigenvalue weighted by molar-refractivity contribution is -0.143. The van der Waals surface area contributed by atoms with E-state index in [1.54, 1.807) is 35.2 Å². The summed E-state index contributed by atoms with van der Waals surface area (Å²) in [6.07, 6.45) is 1.87. The molecule has 1 heterocycles. The van der Waals surface area contributed by atoms with Crippen LogP contribution >= 0.6 is 0 Å². The molecule has 10 heteroatoms. The molecule has 1 saturated carbocycles. The van der Waals surface area contributed by atoms with Crippen molar-refractivity contribution in [3.63, 3.8) is 0 Å². The number of hydrogen-bond donors (Lipinski definition) is 2. The molecule has 3 atom stereocenters. The third kappa shape index (κ3) is 5.20. The van der Waals surface area contributed by atoms with E-state index in [0.717, 1.165) is 28.9 Å². The number of nitrogens with two attached hydrogens (primary N) is 1. The van der Waals surface area contributed by atoms with Crippen LogP contribution in [0.25, 0.3) is 0 Å². The van der Waals surface area contributed by atoms with Crippen molar-refractivity contribution < 1.29 is 28.3 Å². The molecule has 1 aliphatic heterocycles. The number of benzene rings is 2. The highest BCUT2D eigenvalue weighted by Crippen LogP contribution is 2.46. The van der Waals surface area contributed by atoms with Gasteiger partial charge in [-0.25, -0.2) is 14.1 Å². The van der Waals surface area contributed by atoms with E-state index in [1.807, 2.05) is 20.8 Å². The highest BCUT2D eigenvalue weighted by Gasteiger charge is 2.58. The van der Waals surface area contributed by atoms with E-state index in [0.29, 0.717) is 23.6 Å². The molecule has 2 unspecified atom stereocenters. The second kappa shape index (κ2) is 10.6. The van der Waals surface area contributed by atoms with Gasteiger partial charge < -0.3 is 20.7 Å². The summed E-state index contributed by atoms with van der Waals surface area (Å²) in [5.74, 6) is -1.28. The molecule has 0 aromatic heterocycles. The van der Waals surface area contributed by atoms with Gasteiger partial charge in [0, 0.05) is 30.3 Å². The van der Waals surface area contributed by atoms with E-state index < -0.39 is 30.2 Å². The highest BCUT2D eigenvalue weighted by atomic mass is 19.1. The van der Waals surface area contributed by atoms with Crippen molar-refractivity contribution in [1.82, 2.24) is 9.80 Å². The molecule has 1 spiro atoms. The largest absolute Gasteiger partial charge is 0.427 e. The summed E-state index contributed by atoms with van der Waals surface area (Å²) in [6.45, 7) is 5.50. The maximum absolute atomic E-state index is 13.7. The zero-order valence-electron chi connectivity index (χ0n) is 23.0. The van der Waals surface area contributed by atoms with Crippen LogP contribution < -0.4 is 11.1 Å². The van der Waals surface area contributed by atoms with Gasteiger partial charge in [-0.05, 0) is 73.4 Å². The van der Waals surface area contributed by atoms with Crippen molar-refractivity contribution in [2.24, 2.45) is 17.6 Å². The number of amides is 4. The number of carbonyl (C=O) groups is 4. The van der Waals surface area contributed by atoms with Crippen molar-refractivity contribution >= 4 is 29.5 Å². The molecule has 0 bridgehead atoms. The normalized spacial score (nSPS) is 21.4. The standard InChI is InChI=1S/C30H35FN4O5/c1-17(2)26(32)27(37)33-23-10-11-24-21(14-23)12-13-30(24)28(38)35(29(39)40-30)16-25(36)34(18(3)20-6-7-20)15-19-4-8-22(31)9-5-19/h4-5,8-11,14,17-18,20,26H,6-7,12-13,15-16,32H2,1-3H3,(H,33,37)/t18?,26?,30-/m0/s1. The SMILES string of the molecule is CC(C)C(N)C(=O)Nc1ccc2c(c1)CC[C@]21OC(=O)N(CC(=O)N(Cc2ccc(F)cc2)C(C)C2CC2)C1=O. The Bertz CT molecular complexity index is 1340. The molecule has 1 saturated heterocycles. The number of rotatable bonds is 9. The zero-order valence-corrected chi connectivity index (χ0v) is 23.0. The lowest BCUT2D eigenvalue weighted by Crippen LogP contribution is -2.47. The molecule has 2 fully saturated rings. The second-order valence-electron chi connectivity index (χ2n) is 11.4. The Hall–Kier alpha value is -3.79. The highest BCUT2D eigenvalue weighted by molar-refractivity contribution is 6.06. The quantitative estimate of drug-likeness (QED) is 0.491. The number of nitrogens with one attached hydrogen (secondary N) is 1. The number of aryl methyl sites for hydroxylation is 1. The van der Waals surface area contributed by atoms with Crippen molar-refractivity contribution in [3.05, 3.63) is 65.0 Å². The van der Waals surface area contributed by atoms with Gasteiger partial charge >= 0.3 is 6.09 Å². The molecular weight excluding hydrogens is 515 g/mol. The molecule has 212 valence electrons. The molecule has 2 aliphatic carbocycles. The van der Waals surface area contributed by atoms with E-state index in [2.05, 4.69) is 5.32 Å². The first-order chi connectivity index (χ1) is 19.0. The van der Waals surface area contributed by atoms with Gasteiger partial charge in [0.15, 0.2) is 0 Å². The van der Waals surface area contributed by atoms with Gasteiger partial charge in [0.05, 0.1) is 6.04 Å². The number of ether oxygens (including phenoxy) is 1. The summed E-state index contributed by atoms with van der Waals surface area (Å²) in [5, 5.41) is 2.81. The molecule has 2 aromatic carbocycles. The summed E-state index contributed by atoms with van der Waals surface area (Å²) >= 11 is 0. The molecule has 3 N–H and O–H groups in total. The minimum absolute atomic E-state index is 0.0270. The summed E-state index contributed by atoms with van der Waals surface area (Å²) in [7, 11) is 0. The van der Waals surface area contributed by atoms with Crippen molar-refractivity contribution in [1.29, 1.82) is 0 Å². The summed E-state index contributed by atoms with van der Waals surface area (Å²) in [4.78, 5) is 55.2. The van der Waals surface area contributed by atoms with Gasteiger partial charge in [0.25, 0.3) is 5.91 Å². The summed E-state index contributed by atoms with van der Waals surface area (Å²) in [6, 6.07) is 10.3. The predicted octanol–water partition coefficient (Wildman–Crippen LogP) is 3.70. The average Bonchev–Trinajstić information content (AvgIpc) is 3.68. The molecule has 40 heavy (non-hydrogen) atoms. The van der Waals surface area contributed by atoms with E-state index in [4.69, 9.17) is 10.5 Å². The predicted molar refractivity (Wildman–Crippen MR) is 145 cm³/mol. The van der Waals surface area contributed by atoms with Crippen LogP contribution in [0.5, 0.6) is 0 Å². The number of nitrogens with zero attached hydrogens (tertiary/aromatic N) is 2. The Morgan fingerprint density at radius 2 is 1.85 bits per heavy atom. The Morgan fingerprint density at radius 3 is 2.50 bits per heavy atom. The Labute approximate surface area is 232 Å². The Kier molecular flexibility index (Phi) is 7.39. The molecule has 3 aliphatic rings. The van der Waals surface area contributed by atoms with Crippen LogP contribution in [0, 0.1) is 17.7 Å². The molecule has 2 aromatic rings. The smallest absolute Gasteiger partial charge is 0.418 e. The van der Waals surface area contributed by atoms with Crippen molar-refractivity contribution in [2.75, 3.05) is 11.9 Å². The fraction of sp³-hybridized carbons (Fsp3) is 0.467. The fourth-order valence-electron chi connectivity index (χ4n) is 5.56. The zero-order chi connectivity index (χ0) is 28.8. The second-order valence-corrected chi connectivity index (χ2v) is 11.4. The van der Waals surface area contributed by atoms with Gasteiger partial charge in [-0.15, -0.1) is 0 Å². The first-order valence-corrected chi connectivity index (χ1v) is 13.8. The molecular formula is C30H35FN4O5. The summed E-state index contributed by atoms with van der Waals surface area (Å²) < 4.78 is 19.1. The topological polar surface area (TPSA) is 122 Å². The maximum atomic E-state index is 13.7. The van der Waals surface area contributed by atoms with Crippen LogP contribution in [0.15, 0.2) is 42.5 Å². The van der Waals surface area contributed by atoms with Crippen molar-refractivity contribution in [3.8, 4) is 0 Å². The lowest BCUT2D eigenvalue weighted by atomic mass is 9.94. The van der Waals surface area contributed by atoms with Crippen LogP contribution in [-0.4, -0.2) is 52.2 Å². The van der Waals surface area contributed by atoms with Crippen LogP contribution in [0.1, 0.15) is 56.7 Å². The van der Waals surface area contributed by atoms with Gasteiger partial charge in [-0.2, -0.15) is 0 Å². The van der Waals surface area contributed by atoms with Gasteiger partial charge in [0.2, 0.25) is 17.4 Å². The average molecular weight is 551 g/mol. The number of anilines is 1. The molecule has 9 nitrogen and oxygen atoms in total. The van der Waals surface area contributed by atoms with E-state index in [-0.39, 0.29) is 42.6 Å². The van der Waals surface area contributed by atoms with Gasteiger partial charge in [-0.1, -0.05) is 32.0 Å². The number of imide groups is 1. The van der Waals surface area contributed by atoms with Crippen molar-refractivity contribution in [2.45, 2.75) is 70.7 Å². The minimum Gasteiger partial charge on any atom is -0.427 e. The minimum atomic E-state index is -1.49. The van der Waals surface area contributed by atoms with Crippen LogP contribution in [0.3, 0.4) is 0 Å². The third-order valence-electron chi connectivity index (χ3n) is 8.32. The Morgan fingerprint density at radius 1 is 1.15 bits per heavy atom. The van der Waals surface area contributed by atoms with Gasteiger partial charge in [0.1, 0.15) is 12.4 Å². The van der Waals surface area contributed by atoms with Crippen LogP contribution in [0.4, 0.5) is 14.9 Å². The van der Waals surface area contributed by atoms with Gasteiger partial charge in [-0.3, -0.25) is 14.4 Å². The van der Waals surface area contributed by atoms with E-state index >= 15 is 0 Å². The summed E-state index contributed by atoms with van der Waals surface area (Å²) in [5.41, 5.74) is 7.10. The van der Waals surface area contributed by atoms with Crippen LogP contribution in [0.2, 0.25) is 0 Å². The molecule has 4 amide bonds. The van der Waals surface area contributed by atoms with Crippen LogP contribution in [-0.2, 0) is 37.7 Å². The monoisotopic (exact) mass is 550 g/mol. The third-order valence-corrected chi connectivity index (χ3v) is 8.32. The number of carbonyl (C=O) groups excluding carboxylic acids is 4. The maximum Gasteiger partial charge on any atom is 0.418 e. The lowest BCUT2D eigenvalue weighted by Gasteiger charge is -2.30. The molecule has 0 radical (unpaired) electrons. The Balaban J connectivity index is 1.32.